The number of nitro groups is 1. The van der Waals surface area contributed by atoms with Crippen molar-refractivity contribution in [2.24, 2.45) is 0 Å². The zero-order valence-electron chi connectivity index (χ0n) is 13.8. The fraction of sp³-hybridized carbons (Fsp3) is 0.294. The summed E-state index contributed by atoms with van der Waals surface area (Å²) >= 11 is 0. The minimum atomic E-state index is -3.87. The Hall–Kier alpha value is -2.25. The van der Waals surface area contributed by atoms with Crippen LogP contribution >= 0.6 is 0 Å². The lowest BCUT2D eigenvalue weighted by Crippen LogP contribution is -2.45. The largest absolute Gasteiger partial charge is 0.273 e. The third-order valence-corrected chi connectivity index (χ3v) is 5.28. The van der Waals surface area contributed by atoms with Crippen molar-refractivity contribution in [1.29, 1.82) is 0 Å². The molecule has 0 aliphatic carbocycles. The van der Waals surface area contributed by atoms with E-state index in [0.29, 0.717) is 12.0 Å². The number of nitrogens with zero attached hydrogens (tertiary/aromatic N) is 1. The molecule has 0 radical (unpaired) electrons. The lowest BCUT2D eigenvalue weighted by atomic mass is 9.96. The lowest BCUT2D eigenvalue weighted by molar-refractivity contribution is -0.385. The predicted octanol–water partition coefficient (Wildman–Crippen LogP) is 3.20. The second-order valence-corrected chi connectivity index (χ2v) is 8.04. The Bertz CT molecular complexity index is 846. The molecule has 0 unspecified atom stereocenters. The Morgan fingerprint density at radius 2 is 1.75 bits per heavy atom. The maximum absolute atomic E-state index is 12.6. The number of nitro benzene ring substituents is 1. The zero-order valence-corrected chi connectivity index (χ0v) is 14.6. The highest BCUT2D eigenvalue weighted by atomic mass is 32.2. The van der Waals surface area contributed by atoms with Crippen LogP contribution in [0.25, 0.3) is 0 Å². The van der Waals surface area contributed by atoms with Gasteiger partial charge < -0.3 is 0 Å². The van der Waals surface area contributed by atoms with Gasteiger partial charge in [-0.15, -0.1) is 0 Å². The van der Waals surface area contributed by atoms with Gasteiger partial charge in [-0.25, -0.2) is 13.1 Å². The first kappa shape index (κ1) is 18.1. The third kappa shape index (κ3) is 4.39. The van der Waals surface area contributed by atoms with Crippen LogP contribution in [-0.4, -0.2) is 18.9 Å². The fourth-order valence-corrected chi connectivity index (χ4v) is 3.95. The van der Waals surface area contributed by atoms with E-state index in [1.54, 1.807) is 20.8 Å². The van der Waals surface area contributed by atoms with Crippen LogP contribution in [0, 0.1) is 17.0 Å². The van der Waals surface area contributed by atoms with Crippen LogP contribution in [0.4, 0.5) is 5.69 Å². The number of hydrogen-bond acceptors (Lipinski definition) is 4. The van der Waals surface area contributed by atoms with Gasteiger partial charge in [-0.1, -0.05) is 36.4 Å². The summed E-state index contributed by atoms with van der Waals surface area (Å²) in [6.45, 7) is 5.13. The molecule has 0 saturated heterocycles. The lowest BCUT2D eigenvalue weighted by Gasteiger charge is -2.26. The average Bonchev–Trinajstić information content (AvgIpc) is 2.46. The minimum absolute atomic E-state index is 0.110. The van der Waals surface area contributed by atoms with Gasteiger partial charge in [0.15, 0.2) is 0 Å². The van der Waals surface area contributed by atoms with Crippen molar-refractivity contribution in [3.63, 3.8) is 0 Å². The van der Waals surface area contributed by atoms with Crippen LogP contribution in [0.1, 0.15) is 25.0 Å². The molecule has 0 aliphatic heterocycles. The van der Waals surface area contributed by atoms with Crippen molar-refractivity contribution >= 4 is 15.7 Å². The first-order valence-electron chi connectivity index (χ1n) is 7.44. The molecular weight excluding hydrogens is 328 g/mol. The van der Waals surface area contributed by atoms with E-state index in [1.165, 1.54) is 12.1 Å². The molecule has 0 bridgehead atoms. The predicted molar refractivity (Wildman–Crippen MR) is 92.4 cm³/mol. The summed E-state index contributed by atoms with van der Waals surface area (Å²) in [4.78, 5) is 10.3. The molecule has 7 heteroatoms. The van der Waals surface area contributed by atoms with Gasteiger partial charge in [0, 0.05) is 17.2 Å². The smallest absolute Gasteiger partial charge is 0.258 e. The summed E-state index contributed by atoms with van der Waals surface area (Å²) in [6, 6.07) is 13.4. The first-order valence-corrected chi connectivity index (χ1v) is 8.92. The van der Waals surface area contributed by atoms with Gasteiger partial charge >= 0.3 is 0 Å². The molecule has 0 fully saturated rings. The topological polar surface area (TPSA) is 89.3 Å². The zero-order chi connectivity index (χ0) is 18.0. The highest BCUT2D eigenvalue weighted by molar-refractivity contribution is 7.89. The molecule has 2 aromatic rings. The van der Waals surface area contributed by atoms with E-state index in [-0.39, 0.29) is 10.6 Å². The quantitative estimate of drug-likeness (QED) is 0.641. The molecule has 0 aromatic heterocycles. The monoisotopic (exact) mass is 348 g/mol. The van der Waals surface area contributed by atoms with Crippen LogP contribution in [-0.2, 0) is 16.4 Å². The summed E-state index contributed by atoms with van der Waals surface area (Å²) in [5.41, 5.74) is 0.473. The van der Waals surface area contributed by atoms with Crippen molar-refractivity contribution in [1.82, 2.24) is 4.72 Å². The van der Waals surface area contributed by atoms with Crippen molar-refractivity contribution in [3.05, 3.63) is 69.8 Å². The van der Waals surface area contributed by atoms with Crippen LogP contribution in [0.3, 0.4) is 0 Å². The average molecular weight is 348 g/mol. The molecule has 24 heavy (non-hydrogen) atoms. The van der Waals surface area contributed by atoms with Crippen molar-refractivity contribution in [2.75, 3.05) is 0 Å². The molecule has 6 nitrogen and oxygen atoms in total. The number of hydrogen-bond donors (Lipinski definition) is 1. The van der Waals surface area contributed by atoms with E-state index >= 15 is 0 Å². The number of nitrogens with one attached hydrogen (secondary N) is 1. The molecule has 0 atom stereocenters. The Balaban J connectivity index is 2.27. The van der Waals surface area contributed by atoms with E-state index in [2.05, 4.69) is 4.72 Å². The maximum Gasteiger partial charge on any atom is 0.273 e. The normalized spacial score (nSPS) is 12.1. The van der Waals surface area contributed by atoms with E-state index in [0.717, 1.165) is 11.6 Å². The van der Waals surface area contributed by atoms with Gasteiger partial charge in [-0.05, 0) is 38.8 Å². The number of benzene rings is 2. The molecule has 1 N–H and O–H groups in total. The summed E-state index contributed by atoms with van der Waals surface area (Å²) in [5.74, 6) is 0. The minimum Gasteiger partial charge on any atom is -0.258 e. The van der Waals surface area contributed by atoms with Crippen molar-refractivity contribution < 1.29 is 13.3 Å². The van der Waals surface area contributed by atoms with Gasteiger partial charge in [-0.3, -0.25) is 10.1 Å². The molecule has 0 aliphatic rings. The Morgan fingerprint density at radius 1 is 1.12 bits per heavy atom. The highest BCUT2D eigenvalue weighted by Crippen LogP contribution is 2.24. The van der Waals surface area contributed by atoms with Crippen molar-refractivity contribution in [2.45, 2.75) is 37.6 Å². The molecule has 0 amide bonds. The number of rotatable bonds is 6. The van der Waals surface area contributed by atoms with Crippen LogP contribution < -0.4 is 4.72 Å². The second kappa shape index (κ2) is 6.70. The summed E-state index contributed by atoms with van der Waals surface area (Å²) in [5, 5.41) is 11.0. The van der Waals surface area contributed by atoms with Gasteiger partial charge in [0.05, 0.1) is 9.82 Å². The Morgan fingerprint density at radius 3 is 2.33 bits per heavy atom. The molecule has 2 rings (SSSR count). The van der Waals surface area contributed by atoms with Crippen LogP contribution in [0.2, 0.25) is 0 Å². The number of sulfonamides is 1. The molecule has 0 saturated carbocycles. The van der Waals surface area contributed by atoms with Gasteiger partial charge in [-0.2, -0.15) is 0 Å². The molecule has 0 heterocycles. The summed E-state index contributed by atoms with van der Waals surface area (Å²) in [6.07, 6.45) is 0.501. The second-order valence-electron chi connectivity index (χ2n) is 6.36. The molecular formula is C17H20N2O4S. The van der Waals surface area contributed by atoms with Gasteiger partial charge in [0.25, 0.3) is 5.69 Å². The van der Waals surface area contributed by atoms with Crippen LogP contribution in [0.15, 0.2) is 53.4 Å². The molecule has 2 aromatic carbocycles. The standard InChI is InChI=1S/C17H20N2O4S/c1-13-9-10-15(11-16(13)19(20)21)24(22,23)18-17(2,3)12-14-7-5-4-6-8-14/h4-11,18H,12H2,1-3H3. The van der Waals surface area contributed by atoms with E-state index < -0.39 is 20.5 Å². The van der Waals surface area contributed by atoms with Crippen LogP contribution in [0.5, 0.6) is 0 Å². The molecule has 128 valence electrons. The molecule has 0 spiro atoms. The SMILES string of the molecule is Cc1ccc(S(=O)(=O)NC(C)(C)Cc2ccccc2)cc1[N+](=O)[O-]. The number of aryl methyl sites for hydroxylation is 1. The highest BCUT2D eigenvalue weighted by Gasteiger charge is 2.28. The van der Waals surface area contributed by atoms with Crippen molar-refractivity contribution in [3.8, 4) is 0 Å². The first-order chi connectivity index (χ1) is 11.1. The van der Waals surface area contributed by atoms with Gasteiger partial charge in [0.2, 0.25) is 10.0 Å². The van der Waals surface area contributed by atoms with E-state index in [1.807, 2.05) is 30.3 Å². The van der Waals surface area contributed by atoms with E-state index in [9.17, 15) is 18.5 Å². The summed E-state index contributed by atoms with van der Waals surface area (Å²) < 4.78 is 27.8. The maximum atomic E-state index is 12.6. The third-order valence-electron chi connectivity index (χ3n) is 3.59. The fourth-order valence-electron chi connectivity index (χ4n) is 2.52. The summed E-state index contributed by atoms with van der Waals surface area (Å²) in [7, 11) is -3.87. The van der Waals surface area contributed by atoms with Gasteiger partial charge in [0.1, 0.15) is 0 Å². The van der Waals surface area contributed by atoms with E-state index in [4.69, 9.17) is 0 Å². The Kier molecular flexibility index (Phi) is 5.05. The Labute approximate surface area is 141 Å².